The third-order valence-corrected chi connectivity index (χ3v) is 4.74. The number of rotatable bonds is 6. The van der Waals surface area contributed by atoms with Crippen molar-refractivity contribution in [2.45, 2.75) is 19.4 Å². The summed E-state index contributed by atoms with van der Waals surface area (Å²) in [7, 11) is 0. The molecule has 0 saturated carbocycles. The Kier molecular flexibility index (Phi) is 6.33. The van der Waals surface area contributed by atoms with Gasteiger partial charge in [0, 0.05) is 31.9 Å². The molecular weight excluding hydrogens is 370 g/mol. The monoisotopic (exact) mass is 393 g/mol. The van der Waals surface area contributed by atoms with E-state index in [2.05, 4.69) is 30.8 Å². The van der Waals surface area contributed by atoms with Crippen molar-refractivity contribution in [3.63, 3.8) is 0 Å². The van der Waals surface area contributed by atoms with E-state index in [1.54, 1.807) is 6.20 Å². The third kappa shape index (κ3) is 4.79. The summed E-state index contributed by atoms with van der Waals surface area (Å²) in [5, 5.41) is 9.75. The van der Waals surface area contributed by atoms with Crippen LogP contribution in [0.3, 0.4) is 0 Å². The number of hydrogen-bond donors (Lipinski definition) is 3. The lowest BCUT2D eigenvalue weighted by atomic mass is 10.3. The molecule has 2 aliphatic heterocycles. The molecule has 0 radical (unpaired) electrons. The number of amides is 3. The summed E-state index contributed by atoms with van der Waals surface area (Å²) in [6.07, 6.45) is 2.67. The highest BCUT2D eigenvalue weighted by Crippen LogP contribution is 2.25. The van der Waals surface area contributed by atoms with Crippen molar-refractivity contribution in [3.8, 4) is 0 Å². The molecule has 2 saturated heterocycles. The first-order valence-corrected chi connectivity index (χ1v) is 9.44. The average Bonchev–Trinajstić information content (AvgIpc) is 3.23. The van der Waals surface area contributed by atoms with Crippen molar-refractivity contribution in [2.75, 3.05) is 44.2 Å². The minimum absolute atomic E-state index is 0.0643. The summed E-state index contributed by atoms with van der Waals surface area (Å²) in [4.78, 5) is 35.3. The van der Waals surface area contributed by atoms with Crippen molar-refractivity contribution in [3.05, 3.63) is 23.4 Å². The highest BCUT2D eigenvalue weighted by molar-refractivity contribution is 6.32. The maximum Gasteiger partial charge on any atom is 0.324 e. The molecule has 1 aromatic heterocycles. The standard InChI is InChI=1S/C17H24ClN7O2/c1-2-19-16(21-7-9-25-14(26)10-22-17(25)27)23-12-5-8-24(11-12)15-13(18)4-3-6-20-15/h3-4,6,12H,2,5,7-11H2,1H3,(H,22,27)(H2,19,21,23). The first kappa shape index (κ1) is 19.2. The fourth-order valence-electron chi connectivity index (χ4n) is 3.14. The molecule has 3 rings (SSSR count). The van der Waals surface area contributed by atoms with Crippen LogP contribution in [0.2, 0.25) is 5.02 Å². The van der Waals surface area contributed by atoms with Crippen molar-refractivity contribution < 1.29 is 9.59 Å². The SMILES string of the molecule is CCNC(=NCCN1C(=O)CNC1=O)NC1CCN(c2ncccc2Cl)C1. The zero-order valence-corrected chi connectivity index (χ0v) is 16.0. The first-order chi connectivity index (χ1) is 13.1. The molecule has 0 bridgehead atoms. The fourth-order valence-corrected chi connectivity index (χ4v) is 3.38. The fraction of sp³-hybridized carbons (Fsp3) is 0.529. The Labute approximate surface area is 163 Å². The van der Waals surface area contributed by atoms with Crippen LogP contribution >= 0.6 is 11.6 Å². The number of carbonyl (C=O) groups excluding carboxylic acids is 2. The maximum atomic E-state index is 11.6. The van der Waals surface area contributed by atoms with E-state index in [0.29, 0.717) is 17.5 Å². The second-order valence-corrected chi connectivity index (χ2v) is 6.76. The topological polar surface area (TPSA) is 102 Å². The zero-order valence-electron chi connectivity index (χ0n) is 15.2. The number of urea groups is 1. The van der Waals surface area contributed by atoms with E-state index in [9.17, 15) is 9.59 Å². The molecule has 27 heavy (non-hydrogen) atoms. The van der Waals surface area contributed by atoms with Crippen LogP contribution in [0.25, 0.3) is 0 Å². The Morgan fingerprint density at radius 3 is 3.04 bits per heavy atom. The van der Waals surface area contributed by atoms with Gasteiger partial charge in [-0.25, -0.2) is 9.78 Å². The normalized spacial score (nSPS) is 20.2. The van der Waals surface area contributed by atoms with Gasteiger partial charge in [0.05, 0.1) is 24.7 Å². The van der Waals surface area contributed by atoms with Gasteiger partial charge in [0.2, 0.25) is 5.91 Å². The van der Waals surface area contributed by atoms with Crippen LogP contribution in [-0.4, -0.2) is 73.1 Å². The lowest BCUT2D eigenvalue weighted by molar-refractivity contribution is -0.124. The number of guanidine groups is 1. The number of aliphatic imine (C=N–C) groups is 1. The van der Waals surface area contributed by atoms with Crippen molar-refractivity contribution in [2.24, 2.45) is 4.99 Å². The predicted octanol–water partition coefficient (Wildman–Crippen LogP) is 0.421. The first-order valence-electron chi connectivity index (χ1n) is 9.07. The van der Waals surface area contributed by atoms with Crippen molar-refractivity contribution >= 4 is 35.3 Å². The summed E-state index contributed by atoms with van der Waals surface area (Å²) < 4.78 is 0. The number of hydrogen-bond acceptors (Lipinski definition) is 5. The van der Waals surface area contributed by atoms with Gasteiger partial charge in [-0.05, 0) is 25.5 Å². The molecule has 0 aromatic carbocycles. The Bertz CT molecular complexity index is 711. The van der Waals surface area contributed by atoms with E-state index in [0.717, 1.165) is 31.9 Å². The van der Waals surface area contributed by atoms with Crippen molar-refractivity contribution in [1.82, 2.24) is 25.8 Å². The summed E-state index contributed by atoms with van der Waals surface area (Å²) in [5.41, 5.74) is 0. The Balaban J connectivity index is 1.54. The molecule has 0 spiro atoms. The number of nitrogens with zero attached hydrogens (tertiary/aromatic N) is 4. The minimum atomic E-state index is -0.355. The molecule has 3 heterocycles. The highest BCUT2D eigenvalue weighted by Gasteiger charge is 2.28. The molecule has 1 unspecified atom stereocenters. The van der Waals surface area contributed by atoms with Crippen LogP contribution in [0.5, 0.6) is 0 Å². The van der Waals surface area contributed by atoms with Gasteiger partial charge in [0.15, 0.2) is 5.96 Å². The van der Waals surface area contributed by atoms with Crippen molar-refractivity contribution in [1.29, 1.82) is 0 Å². The predicted molar refractivity (Wildman–Crippen MR) is 104 cm³/mol. The summed E-state index contributed by atoms with van der Waals surface area (Å²) >= 11 is 6.24. The number of nitrogens with one attached hydrogen (secondary N) is 3. The van der Waals surface area contributed by atoms with Gasteiger partial charge in [-0.2, -0.15) is 0 Å². The summed E-state index contributed by atoms with van der Waals surface area (Å²) in [6, 6.07) is 3.51. The minimum Gasteiger partial charge on any atom is -0.357 e. The molecule has 10 heteroatoms. The molecular formula is C17H24ClN7O2. The number of anilines is 1. The number of aromatic nitrogens is 1. The number of pyridine rings is 1. The average molecular weight is 394 g/mol. The van der Waals surface area contributed by atoms with Gasteiger partial charge in [-0.1, -0.05) is 11.6 Å². The molecule has 0 aliphatic carbocycles. The lowest BCUT2D eigenvalue weighted by Crippen LogP contribution is -2.45. The second kappa shape index (κ2) is 8.90. The number of halogens is 1. The Morgan fingerprint density at radius 2 is 2.33 bits per heavy atom. The van der Waals surface area contributed by atoms with Crippen LogP contribution in [-0.2, 0) is 4.79 Å². The number of carbonyl (C=O) groups is 2. The molecule has 2 fully saturated rings. The largest absolute Gasteiger partial charge is 0.357 e. The highest BCUT2D eigenvalue weighted by atomic mass is 35.5. The molecule has 3 amide bonds. The van der Waals surface area contributed by atoms with Crippen LogP contribution in [0.1, 0.15) is 13.3 Å². The van der Waals surface area contributed by atoms with E-state index in [4.69, 9.17) is 11.6 Å². The van der Waals surface area contributed by atoms with Crippen LogP contribution in [0, 0.1) is 0 Å². The summed E-state index contributed by atoms with van der Waals surface area (Å²) in [6.45, 7) is 5.01. The maximum absolute atomic E-state index is 11.6. The Morgan fingerprint density at radius 1 is 1.48 bits per heavy atom. The van der Waals surface area contributed by atoms with Gasteiger partial charge in [0.1, 0.15) is 5.82 Å². The van der Waals surface area contributed by atoms with Gasteiger partial charge in [-0.15, -0.1) is 0 Å². The molecule has 2 aliphatic rings. The smallest absolute Gasteiger partial charge is 0.324 e. The van der Waals surface area contributed by atoms with Gasteiger partial charge in [-0.3, -0.25) is 14.7 Å². The van der Waals surface area contributed by atoms with Gasteiger partial charge in [0.25, 0.3) is 0 Å². The van der Waals surface area contributed by atoms with E-state index in [1.807, 2.05) is 19.1 Å². The lowest BCUT2D eigenvalue weighted by Gasteiger charge is -2.20. The van der Waals surface area contributed by atoms with E-state index < -0.39 is 0 Å². The molecule has 146 valence electrons. The second-order valence-electron chi connectivity index (χ2n) is 6.35. The number of imide groups is 1. The third-order valence-electron chi connectivity index (χ3n) is 4.44. The molecule has 3 N–H and O–H groups in total. The molecule has 1 aromatic rings. The van der Waals surface area contributed by atoms with Gasteiger partial charge < -0.3 is 20.9 Å². The Hall–Kier alpha value is -2.55. The zero-order chi connectivity index (χ0) is 19.2. The van der Waals surface area contributed by atoms with E-state index in [-0.39, 0.29) is 31.1 Å². The summed E-state index contributed by atoms with van der Waals surface area (Å²) in [5.74, 6) is 1.25. The van der Waals surface area contributed by atoms with Gasteiger partial charge >= 0.3 is 6.03 Å². The van der Waals surface area contributed by atoms with E-state index in [1.165, 1.54) is 4.90 Å². The van der Waals surface area contributed by atoms with Crippen LogP contribution in [0.15, 0.2) is 23.3 Å². The van der Waals surface area contributed by atoms with Crippen LogP contribution < -0.4 is 20.9 Å². The molecule has 9 nitrogen and oxygen atoms in total. The quantitative estimate of drug-likeness (QED) is 0.368. The van der Waals surface area contributed by atoms with Crippen LogP contribution in [0.4, 0.5) is 10.6 Å². The molecule has 1 atom stereocenters. The van der Waals surface area contributed by atoms with E-state index >= 15 is 0 Å².